The summed E-state index contributed by atoms with van der Waals surface area (Å²) < 4.78 is 0. The van der Waals surface area contributed by atoms with Crippen LogP contribution >= 0.6 is 0 Å². The fourth-order valence-electron chi connectivity index (χ4n) is 4.40. The lowest BCUT2D eigenvalue weighted by Crippen LogP contribution is -2.47. The summed E-state index contributed by atoms with van der Waals surface area (Å²) >= 11 is 0. The Morgan fingerprint density at radius 3 is 2.43 bits per heavy atom. The number of phenols is 1. The van der Waals surface area contributed by atoms with E-state index in [1.165, 1.54) is 17.6 Å². The van der Waals surface area contributed by atoms with Crippen molar-refractivity contribution in [1.29, 1.82) is 0 Å². The van der Waals surface area contributed by atoms with Crippen molar-refractivity contribution >= 4 is 5.82 Å². The summed E-state index contributed by atoms with van der Waals surface area (Å²) in [6.45, 7) is 0. The molecule has 5 rings (SSSR count). The van der Waals surface area contributed by atoms with Crippen LogP contribution in [0, 0.1) is 0 Å². The molecule has 2 aromatic heterocycles. The van der Waals surface area contributed by atoms with E-state index in [0.29, 0.717) is 35.1 Å². The van der Waals surface area contributed by atoms with Crippen LogP contribution in [0.4, 0.5) is 5.82 Å². The second kappa shape index (κ2) is 6.87. The Hall–Kier alpha value is -3.00. The van der Waals surface area contributed by atoms with Crippen LogP contribution in [0.5, 0.6) is 5.75 Å². The smallest absolute Gasteiger partial charge is 0.151 e. The molecule has 2 N–H and O–H groups in total. The first-order valence-electron chi connectivity index (χ1n) is 9.70. The minimum atomic E-state index is 0.125. The van der Waals surface area contributed by atoms with Gasteiger partial charge in [-0.25, -0.2) is 0 Å². The number of fused-ring (bicyclic) bond motifs is 2. The second-order valence-electron chi connectivity index (χ2n) is 7.67. The standard InChI is InChI=1S/C20H23N7O/c1-26(16-10-13-2-3-14(11-16)23-13)20-7-6-18(24-25-20)17-5-4-15(12-19(17)28)27-21-8-9-22-27/h4-9,12-14,16,23,28H,2-3,10-11H2,1H3/t13-,14+,16+. The van der Waals surface area contributed by atoms with E-state index in [1.54, 1.807) is 18.5 Å². The fourth-order valence-corrected chi connectivity index (χ4v) is 4.40. The number of anilines is 1. The zero-order chi connectivity index (χ0) is 19.1. The molecule has 0 spiro atoms. The van der Waals surface area contributed by atoms with E-state index in [0.717, 1.165) is 18.7 Å². The summed E-state index contributed by atoms with van der Waals surface area (Å²) in [6.07, 6.45) is 8.06. The van der Waals surface area contributed by atoms with Crippen LogP contribution in [0.2, 0.25) is 0 Å². The van der Waals surface area contributed by atoms with E-state index >= 15 is 0 Å². The van der Waals surface area contributed by atoms with Crippen molar-refractivity contribution in [3.8, 4) is 22.7 Å². The van der Waals surface area contributed by atoms with Gasteiger partial charge in [-0.3, -0.25) is 0 Å². The number of phenolic OH excluding ortho intramolecular Hbond substituents is 1. The number of rotatable bonds is 4. The average molecular weight is 377 g/mol. The molecule has 4 heterocycles. The maximum Gasteiger partial charge on any atom is 0.151 e. The Morgan fingerprint density at radius 1 is 1.04 bits per heavy atom. The van der Waals surface area contributed by atoms with E-state index in [1.807, 2.05) is 24.3 Å². The lowest BCUT2D eigenvalue weighted by molar-refractivity contribution is 0.353. The molecule has 8 heteroatoms. The maximum absolute atomic E-state index is 10.4. The largest absolute Gasteiger partial charge is 0.507 e. The molecular weight excluding hydrogens is 354 g/mol. The SMILES string of the molecule is CN(c1ccc(-c2ccc(-n3nccn3)cc2O)nn1)[C@H]1C[C@H]2CC[C@@H](C1)N2. The summed E-state index contributed by atoms with van der Waals surface area (Å²) in [5.74, 6) is 0.993. The van der Waals surface area contributed by atoms with Gasteiger partial charge in [0.1, 0.15) is 5.75 Å². The average Bonchev–Trinajstić information content (AvgIpc) is 3.37. The molecule has 0 aliphatic carbocycles. The predicted octanol–water partition coefficient (Wildman–Crippen LogP) is 2.15. The topological polar surface area (TPSA) is 92.0 Å². The zero-order valence-electron chi connectivity index (χ0n) is 15.7. The van der Waals surface area contributed by atoms with Gasteiger partial charge >= 0.3 is 0 Å². The number of hydrogen-bond acceptors (Lipinski definition) is 7. The van der Waals surface area contributed by atoms with Gasteiger partial charge in [-0.2, -0.15) is 15.0 Å². The number of piperidine rings is 1. The Morgan fingerprint density at radius 2 is 1.79 bits per heavy atom. The minimum Gasteiger partial charge on any atom is -0.507 e. The highest BCUT2D eigenvalue weighted by molar-refractivity contribution is 5.68. The number of benzene rings is 1. The Balaban J connectivity index is 1.35. The molecule has 2 aliphatic rings. The number of nitrogens with one attached hydrogen (secondary N) is 1. The van der Waals surface area contributed by atoms with Crippen LogP contribution < -0.4 is 10.2 Å². The third kappa shape index (κ3) is 3.09. The molecule has 3 atom stereocenters. The first-order valence-corrected chi connectivity index (χ1v) is 9.70. The van der Waals surface area contributed by atoms with Gasteiger partial charge in [-0.15, -0.1) is 10.2 Å². The van der Waals surface area contributed by atoms with Crippen molar-refractivity contribution in [3.63, 3.8) is 0 Å². The van der Waals surface area contributed by atoms with E-state index in [2.05, 4.69) is 37.7 Å². The van der Waals surface area contributed by atoms with Gasteiger partial charge in [-0.05, 0) is 49.9 Å². The van der Waals surface area contributed by atoms with Crippen LogP contribution in [-0.4, -0.2) is 55.5 Å². The van der Waals surface area contributed by atoms with E-state index < -0.39 is 0 Å². The molecule has 28 heavy (non-hydrogen) atoms. The molecule has 0 unspecified atom stereocenters. The van der Waals surface area contributed by atoms with Crippen LogP contribution in [0.25, 0.3) is 16.9 Å². The highest BCUT2D eigenvalue weighted by Crippen LogP contribution is 2.32. The van der Waals surface area contributed by atoms with Gasteiger partial charge in [0, 0.05) is 36.8 Å². The number of aromatic nitrogens is 5. The number of nitrogens with zero attached hydrogens (tertiary/aromatic N) is 6. The molecule has 2 aliphatic heterocycles. The van der Waals surface area contributed by atoms with Crippen molar-refractivity contribution in [1.82, 2.24) is 30.5 Å². The molecule has 144 valence electrons. The minimum absolute atomic E-state index is 0.125. The molecule has 0 amide bonds. The van der Waals surface area contributed by atoms with Gasteiger partial charge in [-0.1, -0.05) is 0 Å². The van der Waals surface area contributed by atoms with Crippen molar-refractivity contribution in [2.45, 2.75) is 43.8 Å². The Kier molecular flexibility index (Phi) is 4.20. The van der Waals surface area contributed by atoms with E-state index in [9.17, 15) is 5.11 Å². The molecule has 2 saturated heterocycles. The zero-order valence-corrected chi connectivity index (χ0v) is 15.7. The van der Waals surface area contributed by atoms with Gasteiger partial charge in [0.05, 0.1) is 23.8 Å². The molecule has 8 nitrogen and oxygen atoms in total. The predicted molar refractivity (Wildman–Crippen MR) is 105 cm³/mol. The Labute approximate surface area is 163 Å². The Bertz CT molecular complexity index is 945. The highest BCUT2D eigenvalue weighted by atomic mass is 16.3. The second-order valence-corrected chi connectivity index (χ2v) is 7.67. The molecular formula is C20H23N7O. The van der Waals surface area contributed by atoms with Gasteiger partial charge in [0.2, 0.25) is 0 Å². The van der Waals surface area contributed by atoms with Crippen molar-refractivity contribution in [2.75, 3.05) is 11.9 Å². The fraction of sp³-hybridized carbons (Fsp3) is 0.400. The molecule has 3 aromatic rings. The number of hydrogen-bond donors (Lipinski definition) is 2. The summed E-state index contributed by atoms with van der Waals surface area (Å²) in [4.78, 5) is 3.70. The quantitative estimate of drug-likeness (QED) is 0.720. The lowest BCUT2D eigenvalue weighted by atomic mass is 9.98. The highest BCUT2D eigenvalue weighted by Gasteiger charge is 2.35. The monoisotopic (exact) mass is 377 g/mol. The first kappa shape index (κ1) is 17.1. The normalized spacial score (nSPS) is 23.7. The molecule has 2 fully saturated rings. The van der Waals surface area contributed by atoms with Crippen molar-refractivity contribution < 1.29 is 5.11 Å². The van der Waals surface area contributed by atoms with E-state index in [-0.39, 0.29) is 5.75 Å². The molecule has 0 radical (unpaired) electrons. The maximum atomic E-state index is 10.4. The van der Waals surface area contributed by atoms with Crippen LogP contribution in [0.1, 0.15) is 25.7 Å². The van der Waals surface area contributed by atoms with Gasteiger partial charge in [0.25, 0.3) is 0 Å². The summed E-state index contributed by atoms with van der Waals surface area (Å²) in [6, 6.07) is 10.9. The molecule has 2 bridgehead atoms. The van der Waals surface area contributed by atoms with Gasteiger partial charge in [0.15, 0.2) is 5.82 Å². The number of aromatic hydroxyl groups is 1. The molecule has 0 saturated carbocycles. The first-order chi connectivity index (χ1) is 13.7. The lowest BCUT2D eigenvalue weighted by Gasteiger charge is -2.36. The summed E-state index contributed by atoms with van der Waals surface area (Å²) in [5.41, 5.74) is 1.97. The van der Waals surface area contributed by atoms with E-state index in [4.69, 9.17) is 0 Å². The summed E-state index contributed by atoms with van der Waals surface area (Å²) in [5, 5.41) is 31.1. The third-order valence-electron chi connectivity index (χ3n) is 5.91. The van der Waals surface area contributed by atoms with Crippen LogP contribution in [0.15, 0.2) is 42.7 Å². The van der Waals surface area contributed by atoms with Gasteiger partial charge < -0.3 is 15.3 Å². The third-order valence-corrected chi connectivity index (χ3v) is 5.91. The van der Waals surface area contributed by atoms with Crippen molar-refractivity contribution in [2.24, 2.45) is 0 Å². The van der Waals surface area contributed by atoms with Crippen LogP contribution in [0.3, 0.4) is 0 Å². The van der Waals surface area contributed by atoms with Crippen LogP contribution in [-0.2, 0) is 0 Å². The molecule has 1 aromatic carbocycles. The van der Waals surface area contributed by atoms with Crippen molar-refractivity contribution in [3.05, 3.63) is 42.7 Å². The summed E-state index contributed by atoms with van der Waals surface area (Å²) in [7, 11) is 2.10.